The molecule has 0 saturated carbocycles. The minimum atomic E-state index is -0.540. The fraction of sp³-hybridized carbons (Fsp3) is 0.562. The Labute approximate surface area is 124 Å². The molecular weight excluding hydrogens is 273 g/mol. The van der Waals surface area contributed by atoms with Crippen molar-refractivity contribution in [3.63, 3.8) is 0 Å². The van der Waals surface area contributed by atoms with Crippen LogP contribution in [-0.4, -0.2) is 41.8 Å². The van der Waals surface area contributed by atoms with Crippen LogP contribution in [0.1, 0.15) is 37.8 Å². The van der Waals surface area contributed by atoms with E-state index < -0.39 is 12.1 Å². The van der Waals surface area contributed by atoms with Gasteiger partial charge in [-0.2, -0.15) is 0 Å². The highest BCUT2D eigenvalue weighted by Crippen LogP contribution is 2.32. The van der Waals surface area contributed by atoms with Crippen LogP contribution in [0.15, 0.2) is 24.3 Å². The third-order valence-corrected chi connectivity index (χ3v) is 3.98. The lowest BCUT2D eigenvalue weighted by atomic mass is 10.0. The van der Waals surface area contributed by atoms with E-state index >= 15 is 0 Å². The van der Waals surface area contributed by atoms with Crippen LogP contribution in [0, 0.1) is 5.82 Å². The molecule has 3 unspecified atom stereocenters. The zero-order valence-electron chi connectivity index (χ0n) is 12.5. The van der Waals surface area contributed by atoms with Gasteiger partial charge in [-0.3, -0.25) is 4.90 Å². The highest BCUT2D eigenvalue weighted by Gasteiger charge is 2.36. The summed E-state index contributed by atoms with van der Waals surface area (Å²) in [7, 11) is 1.36. The number of likely N-dealkylation sites (tertiary alicyclic amines) is 1. The maximum absolute atomic E-state index is 13.1. The second-order valence-electron chi connectivity index (χ2n) is 5.60. The van der Waals surface area contributed by atoms with Gasteiger partial charge in [0.05, 0.1) is 13.2 Å². The summed E-state index contributed by atoms with van der Waals surface area (Å²) in [4.78, 5) is 14.3. The molecule has 0 amide bonds. The number of carbonyl (C=O) groups excluding carboxylic acids is 1. The number of hydrogen-bond acceptors (Lipinski definition) is 4. The molecule has 1 N–H and O–H groups in total. The normalized spacial score (nSPS) is 22.0. The number of esters is 1. The summed E-state index contributed by atoms with van der Waals surface area (Å²) < 4.78 is 18.0. The molecule has 0 aromatic heterocycles. The van der Waals surface area contributed by atoms with Gasteiger partial charge in [0.2, 0.25) is 0 Å². The molecular formula is C16H22FNO3. The SMILES string of the molecule is COC(=O)C(c1ccc(F)cc1)N1CCCC1CC(C)O. The Hall–Kier alpha value is -1.46. The second kappa shape index (κ2) is 7.00. The predicted octanol–water partition coefficient (Wildman–Crippen LogP) is 2.28. The van der Waals surface area contributed by atoms with Gasteiger partial charge in [-0.1, -0.05) is 12.1 Å². The summed E-state index contributed by atoms with van der Waals surface area (Å²) in [6, 6.07) is 5.54. The van der Waals surface area contributed by atoms with E-state index in [9.17, 15) is 14.3 Å². The second-order valence-corrected chi connectivity index (χ2v) is 5.60. The van der Waals surface area contributed by atoms with Gasteiger partial charge in [-0.25, -0.2) is 9.18 Å². The Kier molecular flexibility index (Phi) is 5.31. The topological polar surface area (TPSA) is 49.8 Å². The molecule has 5 heteroatoms. The predicted molar refractivity (Wildman–Crippen MR) is 77.2 cm³/mol. The zero-order valence-corrected chi connectivity index (χ0v) is 12.5. The molecule has 21 heavy (non-hydrogen) atoms. The molecule has 1 heterocycles. The highest BCUT2D eigenvalue weighted by atomic mass is 19.1. The van der Waals surface area contributed by atoms with Crippen LogP contribution < -0.4 is 0 Å². The lowest BCUT2D eigenvalue weighted by Gasteiger charge is -2.32. The van der Waals surface area contributed by atoms with Crippen molar-refractivity contribution in [2.45, 2.75) is 44.4 Å². The Morgan fingerprint density at radius 2 is 2.14 bits per heavy atom. The Balaban J connectivity index is 2.27. The maximum Gasteiger partial charge on any atom is 0.327 e. The molecule has 0 radical (unpaired) electrons. The van der Waals surface area contributed by atoms with E-state index in [2.05, 4.69) is 4.90 Å². The van der Waals surface area contributed by atoms with Crippen LogP contribution in [0.5, 0.6) is 0 Å². The van der Waals surface area contributed by atoms with Crippen LogP contribution in [0.2, 0.25) is 0 Å². The molecule has 1 fully saturated rings. The zero-order chi connectivity index (χ0) is 15.4. The third-order valence-electron chi connectivity index (χ3n) is 3.98. The van der Waals surface area contributed by atoms with E-state index in [-0.39, 0.29) is 17.8 Å². The number of carbonyl (C=O) groups is 1. The van der Waals surface area contributed by atoms with E-state index in [4.69, 9.17) is 4.74 Å². The van der Waals surface area contributed by atoms with Gasteiger partial charge in [0.1, 0.15) is 11.9 Å². The van der Waals surface area contributed by atoms with E-state index in [0.29, 0.717) is 6.42 Å². The number of benzene rings is 1. The number of rotatable bonds is 5. The van der Waals surface area contributed by atoms with Gasteiger partial charge >= 0.3 is 5.97 Å². The van der Waals surface area contributed by atoms with Crippen molar-refractivity contribution in [3.05, 3.63) is 35.6 Å². The molecule has 1 saturated heterocycles. The van der Waals surface area contributed by atoms with Crippen molar-refractivity contribution >= 4 is 5.97 Å². The highest BCUT2D eigenvalue weighted by molar-refractivity contribution is 5.77. The van der Waals surface area contributed by atoms with E-state index in [1.807, 2.05) is 0 Å². The summed E-state index contributed by atoms with van der Waals surface area (Å²) in [5.41, 5.74) is 0.723. The number of aliphatic hydroxyl groups excluding tert-OH is 1. The van der Waals surface area contributed by atoms with Gasteiger partial charge in [-0.15, -0.1) is 0 Å². The van der Waals surface area contributed by atoms with Crippen molar-refractivity contribution in [2.24, 2.45) is 0 Å². The van der Waals surface area contributed by atoms with Crippen LogP contribution in [0.4, 0.5) is 4.39 Å². The summed E-state index contributed by atoms with van der Waals surface area (Å²) in [5, 5.41) is 9.62. The standard InChI is InChI=1S/C16H22FNO3/c1-11(19)10-14-4-3-9-18(14)15(16(20)21-2)12-5-7-13(17)8-6-12/h5-8,11,14-15,19H,3-4,9-10H2,1-2H3. The van der Waals surface area contributed by atoms with Crippen LogP contribution in [0.3, 0.4) is 0 Å². The van der Waals surface area contributed by atoms with Crippen molar-refractivity contribution in [1.29, 1.82) is 0 Å². The smallest absolute Gasteiger partial charge is 0.327 e. The molecule has 1 aromatic rings. The molecule has 1 aliphatic rings. The molecule has 1 aromatic carbocycles. The number of aliphatic hydroxyl groups is 1. The van der Waals surface area contributed by atoms with Gasteiger partial charge in [0.15, 0.2) is 0 Å². The molecule has 0 spiro atoms. The van der Waals surface area contributed by atoms with Crippen molar-refractivity contribution in [1.82, 2.24) is 4.90 Å². The fourth-order valence-corrected chi connectivity index (χ4v) is 3.06. The average Bonchev–Trinajstić information content (AvgIpc) is 2.88. The minimum Gasteiger partial charge on any atom is -0.468 e. The van der Waals surface area contributed by atoms with E-state index in [0.717, 1.165) is 24.9 Å². The van der Waals surface area contributed by atoms with Gasteiger partial charge in [0, 0.05) is 6.04 Å². The van der Waals surface area contributed by atoms with Crippen molar-refractivity contribution in [3.8, 4) is 0 Å². The summed E-state index contributed by atoms with van der Waals surface area (Å²) in [6.07, 6.45) is 2.13. The summed E-state index contributed by atoms with van der Waals surface area (Å²) >= 11 is 0. The molecule has 3 atom stereocenters. The van der Waals surface area contributed by atoms with Crippen molar-refractivity contribution in [2.75, 3.05) is 13.7 Å². The van der Waals surface area contributed by atoms with E-state index in [1.165, 1.54) is 19.2 Å². The Morgan fingerprint density at radius 3 is 2.71 bits per heavy atom. The van der Waals surface area contributed by atoms with Gasteiger partial charge < -0.3 is 9.84 Å². The number of nitrogens with zero attached hydrogens (tertiary/aromatic N) is 1. The van der Waals surface area contributed by atoms with Gasteiger partial charge in [-0.05, 0) is 50.4 Å². The summed E-state index contributed by atoms with van der Waals surface area (Å²) in [6.45, 7) is 2.52. The lowest BCUT2D eigenvalue weighted by molar-refractivity contribution is -0.148. The monoisotopic (exact) mass is 295 g/mol. The molecule has 1 aliphatic heterocycles. The minimum absolute atomic E-state index is 0.138. The van der Waals surface area contributed by atoms with Crippen molar-refractivity contribution < 1.29 is 19.0 Å². The van der Waals surface area contributed by atoms with Gasteiger partial charge in [0.25, 0.3) is 0 Å². The molecule has 116 valence electrons. The largest absolute Gasteiger partial charge is 0.468 e. The number of ether oxygens (including phenoxy) is 1. The van der Waals surface area contributed by atoms with E-state index in [1.54, 1.807) is 19.1 Å². The first-order chi connectivity index (χ1) is 10.0. The molecule has 4 nitrogen and oxygen atoms in total. The maximum atomic E-state index is 13.1. The average molecular weight is 295 g/mol. The quantitative estimate of drug-likeness (QED) is 0.847. The Bertz CT molecular complexity index is 475. The third kappa shape index (κ3) is 3.80. The fourth-order valence-electron chi connectivity index (χ4n) is 3.06. The Morgan fingerprint density at radius 1 is 1.48 bits per heavy atom. The molecule has 0 aliphatic carbocycles. The first-order valence-corrected chi connectivity index (χ1v) is 7.30. The number of methoxy groups -OCH3 is 1. The first-order valence-electron chi connectivity index (χ1n) is 7.30. The number of halogens is 1. The summed E-state index contributed by atoms with van der Waals surface area (Å²) in [5.74, 6) is -0.677. The molecule has 2 rings (SSSR count). The lowest BCUT2D eigenvalue weighted by Crippen LogP contribution is -2.39. The van der Waals surface area contributed by atoms with Crippen LogP contribution >= 0.6 is 0 Å². The number of hydrogen-bond donors (Lipinski definition) is 1. The first kappa shape index (κ1) is 15.9. The molecule has 0 bridgehead atoms. The van der Waals surface area contributed by atoms with Crippen LogP contribution in [-0.2, 0) is 9.53 Å². The van der Waals surface area contributed by atoms with Crippen LogP contribution in [0.25, 0.3) is 0 Å².